The average Bonchev–Trinajstić information content (AvgIpc) is 2.83. The molecule has 1 aromatic heterocycles. The van der Waals surface area contributed by atoms with Crippen LogP contribution in [-0.2, 0) is 4.79 Å². The predicted octanol–water partition coefficient (Wildman–Crippen LogP) is 5.63. The van der Waals surface area contributed by atoms with Crippen molar-refractivity contribution in [2.24, 2.45) is 0 Å². The van der Waals surface area contributed by atoms with Crippen molar-refractivity contribution in [2.45, 2.75) is 22.7 Å². The molecule has 3 aromatic carbocycles. The summed E-state index contributed by atoms with van der Waals surface area (Å²) in [5, 5.41) is 3.43. The molecule has 1 heterocycles. The number of alkyl halides is 2. The molecule has 0 radical (unpaired) electrons. The van der Waals surface area contributed by atoms with E-state index >= 15 is 0 Å². The Hall–Kier alpha value is -3.50. The van der Waals surface area contributed by atoms with Gasteiger partial charge < -0.3 is 5.32 Å². The molecule has 0 atom stereocenters. The van der Waals surface area contributed by atoms with Crippen LogP contribution >= 0.6 is 23.5 Å². The third-order valence-electron chi connectivity index (χ3n) is 4.95. The first-order valence-corrected chi connectivity index (χ1v) is 12.3. The Bertz CT molecular complexity index is 1460. The van der Waals surface area contributed by atoms with Crippen LogP contribution in [0.5, 0.6) is 0 Å². The monoisotopic (exact) mass is 511 g/mol. The van der Waals surface area contributed by atoms with Gasteiger partial charge in [0.2, 0.25) is 5.91 Å². The zero-order chi connectivity index (χ0) is 24.9. The van der Waals surface area contributed by atoms with E-state index in [1.807, 2.05) is 0 Å². The Labute approximate surface area is 207 Å². The van der Waals surface area contributed by atoms with Gasteiger partial charge in [-0.2, -0.15) is 8.78 Å². The van der Waals surface area contributed by atoms with Gasteiger partial charge in [0.15, 0.2) is 10.9 Å². The van der Waals surface area contributed by atoms with Crippen LogP contribution in [0.15, 0.2) is 87.6 Å². The SMILES string of the molecule is CC(=O)c1cccc(NC(=O)CSc2nc3ccccc3c(=O)n2-c2ccc(SC(F)F)cc2)c1. The second kappa shape index (κ2) is 10.8. The third kappa shape index (κ3) is 5.95. The van der Waals surface area contributed by atoms with Crippen LogP contribution in [-0.4, -0.2) is 32.8 Å². The number of thioether (sulfide) groups is 2. The summed E-state index contributed by atoms with van der Waals surface area (Å²) in [7, 11) is 0. The number of aromatic nitrogens is 2. The van der Waals surface area contributed by atoms with E-state index in [-0.39, 0.29) is 28.2 Å². The van der Waals surface area contributed by atoms with Gasteiger partial charge in [-0.3, -0.25) is 19.0 Å². The normalized spacial score (nSPS) is 11.1. The molecule has 1 amide bonds. The van der Waals surface area contributed by atoms with Gasteiger partial charge in [-0.15, -0.1) is 0 Å². The summed E-state index contributed by atoms with van der Waals surface area (Å²) in [5.41, 5.74) is 1.56. The van der Waals surface area contributed by atoms with Crippen molar-refractivity contribution in [3.05, 3.63) is 88.7 Å². The summed E-state index contributed by atoms with van der Waals surface area (Å²) >= 11 is 1.49. The van der Waals surface area contributed by atoms with Crippen LogP contribution in [0.4, 0.5) is 14.5 Å². The highest BCUT2D eigenvalue weighted by Crippen LogP contribution is 2.27. The molecule has 0 fully saturated rings. The summed E-state index contributed by atoms with van der Waals surface area (Å²) in [6, 6.07) is 19.6. The van der Waals surface area contributed by atoms with E-state index < -0.39 is 5.76 Å². The number of nitrogens with one attached hydrogen (secondary N) is 1. The van der Waals surface area contributed by atoms with Crippen LogP contribution in [0.3, 0.4) is 0 Å². The minimum absolute atomic E-state index is 0.0472. The summed E-state index contributed by atoms with van der Waals surface area (Å²) in [6.45, 7) is 1.44. The quantitative estimate of drug-likeness (QED) is 0.188. The molecule has 0 aliphatic carbocycles. The number of ketones is 1. The molecule has 0 aliphatic heterocycles. The topological polar surface area (TPSA) is 81.1 Å². The molecule has 0 spiro atoms. The average molecular weight is 512 g/mol. The van der Waals surface area contributed by atoms with E-state index in [0.29, 0.717) is 44.5 Å². The molecule has 0 saturated carbocycles. The standard InChI is InChI=1S/C25H19F2N3O3S2/c1-15(31)16-5-4-6-17(13-16)28-22(32)14-34-25-29-21-8-3-2-7-20(21)23(33)30(25)18-9-11-19(12-10-18)35-24(26)27/h2-13,24H,14H2,1H3,(H,28,32). The number of hydrogen-bond acceptors (Lipinski definition) is 6. The zero-order valence-corrected chi connectivity index (χ0v) is 20.0. The molecule has 0 aliphatic rings. The van der Waals surface area contributed by atoms with E-state index in [0.717, 1.165) is 11.8 Å². The van der Waals surface area contributed by atoms with Crippen molar-refractivity contribution in [1.82, 2.24) is 9.55 Å². The minimum atomic E-state index is -2.55. The van der Waals surface area contributed by atoms with Gasteiger partial charge in [0.25, 0.3) is 11.3 Å². The minimum Gasteiger partial charge on any atom is -0.325 e. The number of halogens is 2. The number of amides is 1. The Morgan fingerprint density at radius 2 is 1.77 bits per heavy atom. The number of hydrogen-bond donors (Lipinski definition) is 1. The van der Waals surface area contributed by atoms with Crippen molar-refractivity contribution in [2.75, 3.05) is 11.1 Å². The fourth-order valence-electron chi connectivity index (χ4n) is 3.36. The smallest absolute Gasteiger partial charge is 0.288 e. The molecule has 4 aromatic rings. The first-order valence-electron chi connectivity index (χ1n) is 10.4. The Kier molecular flexibility index (Phi) is 7.62. The number of Topliss-reactive ketones (excluding diaryl/α,β-unsaturated/α-hetero) is 1. The van der Waals surface area contributed by atoms with E-state index in [9.17, 15) is 23.2 Å². The van der Waals surface area contributed by atoms with Gasteiger partial charge in [0.05, 0.1) is 22.3 Å². The maximum atomic E-state index is 13.3. The molecule has 10 heteroatoms. The molecule has 6 nitrogen and oxygen atoms in total. The van der Waals surface area contributed by atoms with Crippen LogP contribution in [0, 0.1) is 0 Å². The van der Waals surface area contributed by atoms with Gasteiger partial charge in [-0.25, -0.2) is 4.98 Å². The largest absolute Gasteiger partial charge is 0.325 e. The number of carbonyl (C=O) groups is 2. The molecule has 178 valence electrons. The highest BCUT2D eigenvalue weighted by Gasteiger charge is 2.16. The number of carbonyl (C=O) groups excluding carboxylic acids is 2. The zero-order valence-electron chi connectivity index (χ0n) is 18.4. The molecule has 0 saturated heterocycles. The fraction of sp³-hybridized carbons (Fsp3) is 0.120. The van der Waals surface area contributed by atoms with Crippen LogP contribution in [0.1, 0.15) is 17.3 Å². The molecular formula is C25H19F2N3O3S2. The van der Waals surface area contributed by atoms with E-state index in [1.54, 1.807) is 60.7 Å². The maximum absolute atomic E-state index is 13.3. The van der Waals surface area contributed by atoms with Gasteiger partial charge >= 0.3 is 0 Å². The fourth-order valence-corrected chi connectivity index (χ4v) is 4.67. The van der Waals surface area contributed by atoms with Crippen LogP contribution < -0.4 is 10.9 Å². The summed E-state index contributed by atoms with van der Waals surface area (Å²) < 4.78 is 26.7. The molecular weight excluding hydrogens is 492 g/mol. The van der Waals surface area contributed by atoms with E-state index in [4.69, 9.17) is 0 Å². The lowest BCUT2D eigenvalue weighted by Crippen LogP contribution is -2.23. The first-order chi connectivity index (χ1) is 16.8. The lowest BCUT2D eigenvalue weighted by atomic mass is 10.1. The van der Waals surface area contributed by atoms with Gasteiger partial charge in [0, 0.05) is 16.1 Å². The van der Waals surface area contributed by atoms with Crippen molar-refractivity contribution < 1.29 is 18.4 Å². The van der Waals surface area contributed by atoms with Crippen molar-refractivity contribution in [3.8, 4) is 5.69 Å². The third-order valence-corrected chi connectivity index (χ3v) is 6.61. The lowest BCUT2D eigenvalue weighted by molar-refractivity contribution is -0.113. The Morgan fingerprint density at radius 3 is 2.49 bits per heavy atom. The van der Waals surface area contributed by atoms with Crippen LogP contribution in [0.25, 0.3) is 16.6 Å². The summed E-state index contributed by atoms with van der Waals surface area (Å²) in [5.74, 6) is -3.05. The summed E-state index contributed by atoms with van der Waals surface area (Å²) in [4.78, 5) is 42.4. The van der Waals surface area contributed by atoms with Crippen molar-refractivity contribution in [1.29, 1.82) is 0 Å². The molecule has 0 unspecified atom stereocenters. The highest BCUT2D eigenvalue weighted by atomic mass is 32.2. The van der Waals surface area contributed by atoms with Gasteiger partial charge in [0.1, 0.15) is 0 Å². The Balaban J connectivity index is 1.62. The number of nitrogens with zero attached hydrogens (tertiary/aromatic N) is 2. The number of anilines is 1. The number of rotatable bonds is 8. The van der Waals surface area contributed by atoms with Crippen molar-refractivity contribution in [3.63, 3.8) is 0 Å². The molecule has 0 bridgehead atoms. The predicted molar refractivity (Wildman–Crippen MR) is 135 cm³/mol. The van der Waals surface area contributed by atoms with Crippen LogP contribution in [0.2, 0.25) is 0 Å². The number of benzene rings is 3. The number of para-hydroxylation sites is 1. The van der Waals surface area contributed by atoms with Gasteiger partial charge in [-0.05, 0) is 55.5 Å². The van der Waals surface area contributed by atoms with Crippen molar-refractivity contribution >= 4 is 51.8 Å². The maximum Gasteiger partial charge on any atom is 0.288 e. The van der Waals surface area contributed by atoms with E-state index in [2.05, 4.69) is 10.3 Å². The molecule has 1 N–H and O–H groups in total. The Morgan fingerprint density at radius 1 is 1.03 bits per heavy atom. The van der Waals surface area contributed by atoms with E-state index in [1.165, 1.54) is 23.6 Å². The second-order valence-electron chi connectivity index (χ2n) is 7.40. The number of fused-ring (bicyclic) bond motifs is 1. The second-order valence-corrected chi connectivity index (χ2v) is 9.40. The van der Waals surface area contributed by atoms with Gasteiger partial charge in [-0.1, -0.05) is 47.8 Å². The summed E-state index contributed by atoms with van der Waals surface area (Å²) in [6.07, 6.45) is 0. The highest BCUT2D eigenvalue weighted by molar-refractivity contribution is 8.00. The first kappa shape index (κ1) is 24.6. The lowest BCUT2D eigenvalue weighted by Gasteiger charge is -2.14. The molecule has 35 heavy (non-hydrogen) atoms. The molecule has 4 rings (SSSR count).